The lowest BCUT2D eigenvalue weighted by molar-refractivity contribution is 0.233. The minimum atomic E-state index is -3.60. The Morgan fingerprint density at radius 3 is 2.67 bits per heavy atom. The van der Waals surface area contributed by atoms with Gasteiger partial charge < -0.3 is 5.11 Å². The van der Waals surface area contributed by atoms with Gasteiger partial charge in [-0.1, -0.05) is 23.2 Å². The van der Waals surface area contributed by atoms with E-state index in [0.29, 0.717) is 24.5 Å². The number of rotatable bonds is 3. The maximum atomic E-state index is 12.3. The molecule has 0 spiro atoms. The molecule has 1 saturated heterocycles. The maximum Gasteiger partial charge on any atom is 0.244 e. The monoisotopic (exact) mass is 309 g/mol. The van der Waals surface area contributed by atoms with E-state index in [4.69, 9.17) is 28.3 Å². The second kappa shape index (κ2) is 5.35. The van der Waals surface area contributed by atoms with Crippen LogP contribution in [0.3, 0.4) is 0 Å². The third-order valence-electron chi connectivity index (χ3n) is 3.02. The van der Waals surface area contributed by atoms with Crippen molar-refractivity contribution in [3.8, 4) is 0 Å². The van der Waals surface area contributed by atoms with E-state index in [-0.39, 0.29) is 22.4 Å². The van der Waals surface area contributed by atoms with Crippen molar-refractivity contribution in [3.05, 3.63) is 28.2 Å². The first-order valence-corrected chi connectivity index (χ1v) is 7.71. The minimum Gasteiger partial charge on any atom is -0.396 e. The molecule has 0 aromatic heterocycles. The third kappa shape index (κ3) is 2.65. The predicted molar refractivity (Wildman–Crippen MR) is 70.4 cm³/mol. The third-order valence-corrected chi connectivity index (χ3v) is 5.60. The Labute approximate surface area is 116 Å². The molecule has 7 heteroatoms. The molecular weight excluding hydrogens is 297 g/mol. The predicted octanol–water partition coefficient (Wildman–Crippen LogP) is 2.00. The zero-order chi connectivity index (χ0) is 13.3. The molecule has 1 N–H and O–H groups in total. The van der Waals surface area contributed by atoms with Gasteiger partial charge in [0.15, 0.2) is 0 Å². The van der Waals surface area contributed by atoms with Crippen molar-refractivity contribution >= 4 is 33.2 Å². The zero-order valence-electron chi connectivity index (χ0n) is 9.51. The summed E-state index contributed by atoms with van der Waals surface area (Å²) in [5, 5.41) is 9.56. The van der Waals surface area contributed by atoms with Crippen LogP contribution in [0.2, 0.25) is 10.0 Å². The fourth-order valence-electron chi connectivity index (χ4n) is 1.99. The molecule has 2 rings (SSSR count). The molecule has 1 aromatic carbocycles. The second-order valence-electron chi connectivity index (χ2n) is 4.28. The van der Waals surface area contributed by atoms with Gasteiger partial charge in [0.1, 0.15) is 4.90 Å². The summed E-state index contributed by atoms with van der Waals surface area (Å²) in [6, 6.07) is 4.32. The molecule has 1 aliphatic rings. The van der Waals surface area contributed by atoms with Crippen molar-refractivity contribution in [1.82, 2.24) is 4.31 Å². The highest BCUT2D eigenvalue weighted by atomic mass is 35.5. The molecule has 1 aromatic rings. The maximum absolute atomic E-state index is 12.3. The lowest BCUT2D eigenvalue weighted by Gasteiger charge is -2.17. The van der Waals surface area contributed by atoms with E-state index < -0.39 is 10.0 Å². The summed E-state index contributed by atoms with van der Waals surface area (Å²) in [4.78, 5) is 0.0622. The van der Waals surface area contributed by atoms with Gasteiger partial charge >= 0.3 is 0 Å². The number of hydrogen-bond acceptors (Lipinski definition) is 3. The second-order valence-corrected chi connectivity index (χ2v) is 7.03. The summed E-state index contributed by atoms with van der Waals surface area (Å²) >= 11 is 11.7. The largest absolute Gasteiger partial charge is 0.396 e. The van der Waals surface area contributed by atoms with Crippen molar-refractivity contribution < 1.29 is 13.5 Å². The topological polar surface area (TPSA) is 57.6 Å². The zero-order valence-corrected chi connectivity index (χ0v) is 11.8. The SMILES string of the molecule is O=S(=O)(c1ccc(Cl)cc1Cl)N1CCC(CO)C1. The van der Waals surface area contributed by atoms with Gasteiger partial charge in [-0.05, 0) is 30.5 Å². The van der Waals surface area contributed by atoms with Crippen LogP contribution in [0.25, 0.3) is 0 Å². The number of aliphatic hydroxyl groups is 1. The van der Waals surface area contributed by atoms with Crippen molar-refractivity contribution in [1.29, 1.82) is 0 Å². The molecule has 1 atom stereocenters. The van der Waals surface area contributed by atoms with Gasteiger partial charge in [-0.3, -0.25) is 0 Å². The van der Waals surface area contributed by atoms with Crippen LogP contribution in [0.5, 0.6) is 0 Å². The fourth-order valence-corrected chi connectivity index (χ4v) is 4.27. The Morgan fingerprint density at radius 2 is 2.11 bits per heavy atom. The molecule has 100 valence electrons. The van der Waals surface area contributed by atoms with Crippen molar-refractivity contribution in [2.24, 2.45) is 5.92 Å². The lowest BCUT2D eigenvalue weighted by Crippen LogP contribution is -2.29. The van der Waals surface area contributed by atoms with E-state index in [2.05, 4.69) is 0 Å². The molecule has 1 heterocycles. The Kier molecular flexibility index (Phi) is 4.18. The number of nitrogens with zero attached hydrogens (tertiary/aromatic N) is 1. The highest BCUT2D eigenvalue weighted by molar-refractivity contribution is 7.89. The van der Waals surface area contributed by atoms with Crippen LogP contribution in [0.4, 0.5) is 0 Å². The molecule has 0 aliphatic carbocycles. The summed E-state index contributed by atoms with van der Waals surface area (Å²) in [7, 11) is -3.60. The molecule has 0 bridgehead atoms. The van der Waals surface area contributed by atoms with E-state index >= 15 is 0 Å². The molecule has 4 nitrogen and oxygen atoms in total. The van der Waals surface area contributed by atoms with Crippen molar-refractivity contribution in [2.45, 2.75) is 11.3 Å². The van der Waals surface area contributed by atoms with Crippen LogP contribution >= 0.6 is 23.2 Å². The Morgan fingerprint density at radius 1 is 1.39 bits per heavy atom. The van der Waals surface area contributed by atoms with Crippen LogP contribution in [-0.4, -0.2) is 37.5 Å². The Balaban J connectivity index is 2.31. The first-order valence-electron chi connectivity index (χ1n) is 5.51. The normalized spacial score (nSPS) is 21.4. The molecule has 0 amide bonds. The Hall–Kier alpha value is -0.330. The summed E-state index contributed by atoms with van der Waals surface area (Å²) < 4.78 is 26.0. The minimum absolute atomic E-state index is 0.000367. The standard InChI is InChI=1S/C11H13Cl2NO3S/c12-9-1-2-11(10(13)5-9)18(16,17)14-4-3-8(6-14)7-15/h1-2,5,8,15H,3-4,6-7H2. The van der Waals surface area contributed by atoms with E-state index in [1.54, 1.807) is 0 Å². The summed E-state index contributed by atoms with van der Waals surface area (Å²) in [5.41, 5.74) is 0. The van der Waals surface area contributed by atoms with Crippen LogP contribution < -0.4 is 0 Å². The molecule has 1 unspecified atom stereocenters. The van der Waals surface area contributed by atoms with Gasteiger partial charge in [0, 0.05) is 24.7 Å². The molecule has 1 fully saturated rings. The van der Waals surface area contributed by atoms with E-state index in [9.17, 15) is 8.42 Å². The Bertz CT molecular complexity index is 547. The molecule has 1 aliphatic heterocycles. The number of halogens is 2. The fraction of sp³-hybridized carbons (Fsp3) is 0.455. The van der Waals surface area contributed by atoms with Gasteiger partial charge in [-0.25, -0.2) is 8.42 Å². The van der Waals surface area contributed by atoms with Crippen LogP contribution in [-0.2, 0) is 10.0 Å². The molecule has 18 heavy (non-hydrogen) atoms. The van der Waals surface area contributed by atoms with Crippen molar-refractivity contribution in [2.75, 3.05) is 19.7 Å². The van der Waals surface area contributed by atoms with Crippen LogP contribution in [0, 0.1) is 5.92 Å². The van der Waals surface area contributed by atoms with Gasteiger partial charge in [0.2, 0.25) is 10.0 Å². The first kappa shape index (κ1) is 14.1. The summed E-state index contributed by atoms with van der Waals surface area (Å²) in [6.45, 7) is 0.741. The molecule has 0 radical (unpaired) electrons. The van der Waals surface area contributed by atoms with E-state index in [0.717, 1.165) is 0 Å². The van der Waals surface area contributed by atoms with E-state index in [1.807, 2.05) is 0 Å². The smallest absolute Gasteiger partial charge is 0.244 e. The number of aliphatic hydroxyl groups excluding tert-OH is 1. The quantitative estimate of drug-likeness (QED) is 0.929. The van der Waals surface area contributed by atoms with Gasteiger partial charge in [-0.15, -0.1) is 0 Å². The molecular formula is C11H13Cl2NO3S. The number of benzene rings is 1. The first-order chi connectivity index (χ1) is 8.45. The van der Waals surface area contributed by atoms with Gasteiger partial charge in [0.05, 0.1) is 5.02 Å². The van der Waals surface area contributed by atoms with Gasteiger partial charge in [-0.2, -0.15) is 4.31 Å². The average Bonchev–Trinajstić information content (AvgIpc) is 2.77. The highest BCUT2D eigenvalue weighted by Gasteiger charge is 2.33. The van der Waals surface area contributed by atoms with Gasteiger partial charge in [0.25, 0.3) is 0 Å². The van der Waals surface area contributed by atoms with Crippen LogP contribution in [0.15, 0.2) is 23.1 Å². The summed E-state index contributed by atoms with van der Waals surface area (Å²) in [6.07, 6.45) is 0.668. The van der Waals surface area contributed by atoms with Crippen LogP contribution in [0.1, 0.15) is 6.42 Å². The summed E-state index contributed by atoms with van der Waals surface area (Å²) in [5.74, 6) is 0.00542. The average molecular weight is 310 g/mol. The number of sulfonamides is 1. The molecule has 0 saturated carbocycles. The highest BCUT2D eigenvalue weighted by Crippen LogP contribution is 2.30. The lowest BCUT2D eigenvalue weighted by atomic mass is 10.1. The number of hydrogen-bond donors (Lipinski definition) is 1. The van der Waals surface area contributed by atoms with Crippen molar-refractivity contribution in [3.63, 3.8) is 0 Å². The van der Waals surface area contributed by atoms with E-state index in [1.165, 1.54) is 22.5 Å².